The van der Waals surface area contributed by atoms with Crippen molar-refractivity contribution < 1.29 is 9.59 Å². The number of aryl methyl sites for hydroxylation is 1. The minimum absolute atomic E-state index is 0.0263. The van der Waals surface area contributed by atoms with Gasteiger partial charge in [0.1, 0.15) is 5.82 Å². The molecule has 0 fully saturated rings. The Morgan fingerprint density at radius 3 is 2.33 bits per heavy atom. The largest absolute Gasteiger partial charge is 0.363 e. The second kappa shape index (κ2) is 12.7. The predicted molar refractivity (Wildman–Crippen MR) is 172 cm³/mol. The van der Waals surface area contributed by atoms with Gasteiger partial charge in [0.05, 0.1) is 13.0 Å². The molecule has 2 aromatic heterocycles. The van der Waals surface area contributed by atoms with E-state index in [0.29, 0.717) is 12.2 Å². The van der Waals surface area contributed by atoms with Gasteiger partial charge in [-0.1, -0.05) is 55.5 Å². The lowest BCUT2D eigenvalue weighted by Gasteiger charge is -2.21. The number of benzene rings is 3. The van der Waals surface area contributed by atoms with Crippen LogP contribution < -0.4 is 10.2 Å². The first-order valence-electron chi connectivity index (χ1n) is 14.3. The Kier molecular flexibility index (Phi) is 8.67. The number of aromatic amines is 1. The first-order chi connectivity index (χ1) is 20.3. The fourth-order valence-electron chi connectivity index (χ4n) is 5.09. The fraction of sp³-hybridized carbons (Fsp3) is 0.229. The van der Waals surface area contributed by atoms with E-state index in [2.05, 4.69) is 52.5 Å². The topological polar surface area (TPSA) is 81.3 Å². The van der Waals surface area contributed by atoms with Gasteiger partial charge in [0.25, 0.3) is 0 Å². The van der Waals surface area contributed by atoms with Gasteiger partial charge >= 0.3 is 0 Å². The lowest BCUT2D eigenvalue weighted by Crippen LogP contribution is -2.39. The third kappa shape index (κ3) is 6.69. The molecule has 0 bridgehead atoms. The fourth-order valence-corrected chi connectivity index (χ4v) is 5.09. The normalized spacial score (nSPS) is 11.0. The third-order valence-corrected chi connectivity index (χ3v) is 7.34. The van der Waals surface area contributed by atoms with E-state index in [1.54, 1.807) is 4.90 Å². The Balaban J connectivity index is 1.25. The van der Waals surface area contributed by atoms with E-state index in [-0.39, 0.29) is 24.8 Å². The number of aromatic nitrogens is 2. The van der Waals surface area contributed by atoms with Crippen LogP contribution in [-0.2, 0) is 16.0 Å². The zero-order valence-corrected chi connectivity index (χ0v) is 24.6. The Morgan fingerprint density at radius 1 is 0.905 bits per heavy atom. The molecule has 0 aliphatic heterocycles. The zero-order chi connectivity index (χ0) is 29.6. The molecule has 0 saturated carbocycles. The van der Waals surface area contributed by atoms with E-state index in [0.717, 1.165) is 51.1 Å². The Labute approximate surface area is 247 Å². The van der Waals surface area contributed by atoms with Crippen LogP contribution in [0.5, 0.6) is 0 Å². The quantitative estimate of drug-likeness (QED) is 0.200. The summed E-state index contributed by atoms with van der Waals surface area (Å²) in [5, 5.41) is 4.06. The maximum absolute atomic E-state index is 12.9. The third-order valence-electron chi connectivity index (χ3n) is 7.34. The van der Waals surface area contributed by atoms with E-state index in [1.807, 2.05) is 86.7 Å². The molecule has 0 aliphatic carbocycles. The molecular weight excluding hydrogens is 522 g/mol. The lowest BCUT2D eigenvalue weighted by atomic mass is 10.0. The van der Waals surface area contributed by atoms with Crippen molar-refractivity contribution in [3.05, 3.63) is 102 Å². The van der Waals surface area contributed by atoms with Gasteiger partial charge in [-0.25, -0.2) is 4.98 Å². The van der Waals surface area contributed by atoms with Gasteiger partial charge in [-0.2, -0.15) is 0 Å². The number of hydrogen-bond donors (Lipinski definition) is 2. The van der Waals surface area contributed by atoms with Crippen LogP contribution in [0, 0.1) is 6.92 Å². The van der Waals surface area contributed by atoms with Crippen molar-refractivity contribution in [2.45, 2.75) is 26.7 Å². The Hall–Kier alpha value is -4.91. The van der Waals surface area contributed by atoms with Crippen molar-refractivity contribution >= 4 is 34.2 Å². The molecule has 7 nitrogen and oxygen atoms in total. The van der Waals surface area contributed by atoms with Gasteiger partial charge in [-0.05, 0) is 72.0 Å². The molecule has 3 aromatic carbocycles. The number of carbonyl (C=O) groups is 2. The summed E-state index contributed by atoms with van der Waals surface area (Å²) < 4.78 is 0. The SMILES string of the molecule is CCCN(CC(=O)Nc1ccc(-c2cc3cc(-c4cnc(N(C)C)cc4C)ccc3[nH]2)cc1)C(=O)Cc1ccccc1. The highest BCUT2D eigenvalue weighted by molar-refractivity contribution is 5.95. The highest BCUT2D eigenvalue weighted by Crippen LogP contribution is 2.31. The van der Waals surface area contributed by atoms with Crippen LogP contribution in [0.3, 0.4) is 0 Å². The van der Waals surface area contributed by atoms with Crippen LogP contribution in [0.15, 0.2) is 91.1 Å². The number of H-pyrrole nitrogens is 1. The van der Waals surface area contributed by atoms with Crippen LogP contribution in [0.1, 0.15) is 24.5 Å². The summed E-state index contributed by atoms with van der Waals surface area (Å²) in [6.45, 7) is 4.68. The smallest absolute Gasteiger partial charge is 0.243 e. The highest BCUT2D eigenvalue weighted by atomic mass is 16.2. The van der Waals surface area contributed by atoms with Crippen molar-refractivity contribution in [1.82, 2.24) is 14.9 Å². The van der Waals surface area contributed by atoms with E-state index in [4.69, 9.17) is 0 Å². The van der Waals surface area contributed by atoms with Gasteiger partial charge < -0.3 is 20.1 Å². The van der Waals surface area contributed by atoms with E-state index < -0.39 is 0 Å². The summed E-state index contributed by atoms with van der Waals surface area (Å²) in [6.07, 6.45) is 3.01. The van der Waals surface area contributed by atoms with Crippen LogP contribution in [-0.4, -0.2) is 53.9 Å². The standard InChI is InChI=1S/C35H37N5O2/c1-5-17-40(35(42)19-25-9-7-6-8-10-25)23-34(41)37-29-14-11-26(12-15-29)32-21-28-20-27(13-16-31(28)38-32)30-22-36-33(39(3)4)18-24(30)2/h6-16,18,20-22,38H,5,17,19,23H2,1-4H3,(H,37,41). The van der Waals surface area contributed by atoms with Gasteiger partial charge in [0.2, 0.25) is 11.8 Å². The van der Waals surface area contributed by atoms with Crippen molar-refractivity contribution in [2.24, 2.45) is 0 Å². The maximum atomic E-state index is 12.9. The second-order valence-corrected chi connectivity index (χ2v) is 10.8. The van der Waals surface area contributed by atoms with Gasteiger partial charge in [0, 0.05) is 54.7 Å². The molecular formula is C35H37N5O2. The van der Waals surface area contributed by atoms with E-state index in [9.17, 15) is 9.59 Å². The lowest BCUT2D eigenvalue weighted by molar-refractivity contribution is -0.134. The average molecular weight is 560 g/mol. The number of nitrogens with one attached hydrogen (secondary N) is 2. The van der Waals surface area contributed by atoms with Gasteiger partial charge in [-0.3, -0.25) is 9.59 Å². The van der Waals surface area contributed by atoms with Gasteiger partial charge in [-0.15, -0.1) is 0 Å². The average Bonchev–Trinajstić information content (AvgIpc) is 3.41. The molecule has 7 heteroatoms. The number of amides is 2. The van der Waals surface area contributed by atoms with Crippen molar-refractivity contribution in [3.8, 4) is 22.4 Å². The molecule has 5 aromatic rings. The molecule has 0 unspecified atom stereocenters. The minimum atomic E-state index is -0.209. The number of nitrogens with zero attached hydrogens (tertiary/aromatic N) is 3. The summed E-state index contributed by atoms with van der Waals surface area (Å²) in [5.41, 5.74) is 8.13. The minimum Gasteiger partial charge on any atom is -0.363 e. The summed E-state index contributed by atoms with van der Waals surface area (Å²) in [4.78, 5) is 37.4. The predicted octanol–water partition coefficient (Wildman–Crippen LogP) is 6.69. The van der Waals surface area contributed by atoms with Crippen molar-refractivity contribution in [3.63, 3.8) is 0 Å². The van der Waals surface area contributed by atoms with Crippen molar-refractivity contribution in [1.29, 1.82) is 0 Å². The summed E-state index contributed by atoms with van der Waals surface area (Å²) in [7, 11) is 3.99. The summed E-state index contributed by atoms with van der Waals surface area (Å²) in [5.74, 6) is 0.683. The molecule has 0 radical (unpaired) electrons. The molecule has 2 N–H and O–H groups in total. The monoisotopic (exact) mass is 559 g/mol. The number of anilines is 2. The van der Waals surface area contributed by atoms with Crippen LogP contribution in [0.25, 0.3) is 33.3 Å². The molecule has 42 heavy (non-hydrogen) atoms. The molecule has 0 atom stereocenters. The number of fused-ring (bicyclic) bond motifs is 1. The first kappa shape index (κ1) is 28.6. The van der Waals surface area contributed by atoms with Crippen LogP contribution in [0.2, 0.25) is 0 Å². The molecule has 2 heterocycles. The molecule has 214 valence electrons. The van der Waals surface area contributed by atoms with Crippen molar-refractivity contribution in [2.75, 3.05) is 37.4 Å². The Morgan fingerprint density at radius 2 is 1.64 bits per heavy atom. The highest BCUT2D eigenvalue weighted by Gasteiger charge is 2.17. The molecule has 0 aliphatic rings. The summed E-state index contributed by atoms with van der Waals surface area (Å²) in [6, 6.07) is 28.0. The summed E-state index contributed by atoms with van der Waals surface area (Å²) >= 11 is 0. The molecule has 0 spiro atoms. The number of rotatable bonds is 10. The first-order valence-corrected chi connectivity index (χ1v) is 14.3. The number of hydrogen-bond acceptors (Lipinski definition) is 4. The van der Waals surface area contributed by atoms with Gasteiger partial charge in [0.15, 0.2) is 0 Å². The van der Waals surface area contributed by atoms with Crippen LogP contribution >= 0.6 is 0 Å². The second-order valence-electron chi connectivity index (χ2n) is 10.8. The Bertz CT molecular complexity index is 1690. The molecule has 2 amide bonds. The van der Waals surface area contributed by atoms with Crippen LogP contribution in [0.4, 0.5) is 11.5 Å². The molecule has 0 saturated heterocycles. The number of pyridine rings is 1. The maximum Gasteiger partial charge on any atom is 0.243 e. The zero-order valence-electron chi connectivity index (χ0n) is 24.6. The van der Waals surface area contributed by atoms with E-state index in [1.165, 1.54) is 5.56 Å². The number of carbonyl (C=O) groups excluding carboxylic acids is 2. The van der Waals surface area contributed by atoms with E-state index >= 15 is 0 Å². The molecule has 5 rings (SSSR count).